The molecule has 2 aromatic rings. The lowest BCUT2D eigenvalue weighted by Crippen LogP contribution is -2.43. The van der Waals surface area contributed by atoms with Crippen molar-refractivity contribution in [3.05, 3.63) is 51.7 Å². The minimum absolute atomic E-state index is 0.0240. The monoisotopic (exact) mass is 271 g/mol. The van der Waals surface area contributed by atoms with Crippen LogP contribution in [0.5, 0.6) is 0 Å². The number of hydrogen-bond donors (Lipinski definition) is 1. The van der Waals surface area contributed by atoms with Crippen molar-refractivity contribution in [1.82, 2.24) is 19.4 Å². The molecule has 2 aromatic heterocycles. The van der Waals surface area contributed by atoms with Crippen LogP contribution in [0.25, 0.3) is 0 Å². The van der Waals surface area contributed by atoms with Crippen LogP contribution >= 0.6 is 0 Å². The first-order chi connectivity index (χ1) is 9.65. The van der Waals surface area contributed by atoms with E-state index in [1.165, 1.54) is 0 Å². The number of rotatable bonds is 2. The van der Waals surface area contributed by atoms with E-state index in [2.05, 4.69) is 20.2 Å². The van der Waals surface area contributed by atoms with E-state index in [4.69, 9.17) is 0 Å². The van der Waals surface area contributed by atoms with Gasteiger partial charge in [-0.1, -0.05) is 6.07 Å². The van der Waals surface area contributed by atoms with Gasteiger partial charge >= 0.3 is 0 Å². The number of aryl methyl sites for hydroxylation is 1. The summed E-state index contributed by atoms with van der Waals surface area (Å²) in [5.74, 6) is 0.653. The molecule has 0 unspecified atom stereocenters. The van der Waals surface area contributed by atoms with Gasteiger partial charge in [0.15, 0.2) is 0 Å². The summed E-state index contributed by atoms with van der Waals surface area (Å²) in [4.78, 5) is 23.0. The first kappa shape index (κ1) is 12.8. The van der Waals surface area contributed by atoms with Crippen molar-refractivity contribution in [2.75, 3.05) is 12.0 Å². The highest BCUT2D eigenvalue weighted by atomic mass is 16.1. The number of pyridine rings is 1. The number of nitrogens with one attached hydrogen (secondary N) is 1. The summed E-state index contributed by atoms with van der Waals surface area (Å²) in [6.07, 6.45) is 3.60. The topological polar surface area (TPSA) is 63.1 Å². The summed E-state index contributed by atoms with van der Waals surface area (Å²) in [6.45, 7) is 5.65. The van der Waals surface area contributed by atoms with Crippen LogP contribution in [0.2, 0.25) is 0 Å². The molecule has 0 bridgehead atoms. The summed E-state index contributed by atoms with van der Waals surface area (Å²) in [5.41, 5.74) is 2.65. The Labute approximate surface area is 117 Å². The molecule has 0 radical (unpaired) electrons. The second-order valence-corrected chi connectivity index (χ2v) is 5.05. The molecule has 0 saturated heterocycles. The Morgan fingerprint density at radius 1 is 1.40 bits per heavy atom. The predicted molar refractivity (Wildman–Crippen MR) is 76.2 cm³/mol. The van der Waals surface area contributed by atoms with E-state index < -0.39 is 0 Å². The summed E-state index contributed by atoms with van der Waals surface area (Å²) >= 11 is 0. The van der Waals surface area contributed by atoms with Crippen LogP contribution in [-0.4, -0.2) is 26.1 Å². The number of hydrogen-bond acceptors (Lipinski definition) is 5. The van der Waals surface area contributed by atoms with Gasteiger partial charge in [-0.25, -0.2) is 4.98 Å². The van der Waals surface area contributed by atoms with E-state index in [-0.39, 0.29) is 5.56 Å². The van der Waals surface area contributed by atoms with Gasteiger partial charge in [0.2, 0.25) is 5.95 Å². The molecule has 104 valence electrons. The van der Waals surface area contributed by atoms with Crippen LogP contribution < -0.4 is 10.9 Å². The third-order valence-electron chi connectivity index (χ3n) is 3.57. The average molecular weight is 271 g/mol. The average Bonchev–Trinajstić information content (AvgIpc) is 2.47. The Morgan fingerprint density at radius 2 is 2.25 bits per heavy atom. The zero-order chi connectivity index (χ0) is 14.1. The lowest BCUT2D eigenvalue weighted by molar-refractivity contribution is 0.204. The molecule has 0 atom stereocenters. The third kappa shape index (κ3) is 2.30. The Balaban J connectivity index is 1.85. The summed E-state index contributed by atoms with van der Waals surface area (Å²) in [5, 5.41) is 3.20. The largest absolute Gasteiger partial charge is 0.343 e. The summed E-state index contributed by atoms with van der Waals surface area (Å²) in [7, 11) is 0. The fraction of sp³-hybridized carbons (Fsp3) is 0.357. The lowest BCUT2D eigenvalue weighted by atomic mass is 10.2. The van der Waals surface area contributed by atoms with Gasteiger partial charge in [-0.2, -0.15) is 0 Å². The van der Waals surface area contributed by atoms with Gasteiger partial charge in [0, 0.05) is 30.2 Å². The zero-order valence-electron chi connectivity index (χ0n) is 11.6. The van der Waals surface area contributed by atoms with Crippen molar-refractivity contribution in [3.63, 3.8) is 0 Å². The van der Waals surface area contributed by atoms with Gasteiger partial charge in [0.1, 0.15) is 0 Å². The van der Waals surface area contributed by atoms with Gasteiger partial charge < -0.3 is 5.32 Å². The molecule has 1 N–H and O–H groups in total. The smallest absolute Gasteiger partial charge is 0.259 e. The van der Waals surface area contributed by atoms with Crippen LogP contribution in [0.3, 0.4) is 0 Å². The number of anilines is 1. The maximum Gasteiger partial charge on any atom is 0.259 e. The van der Waals surface area contributed by atoms with Crippen LogP contribution in [0.1, 0.15) is 16.8 Å². The molecule has 0 saturated carbocycles. The molecular formula is C14H17N5O. The predicted octanol–water partition coefficient (Wildman–Crippen LogP) is 1.10. The molecule has 20 heavy (non-hydrogen) atoms. The molecule has 3 rings (SSSR count). The van der Waals surface area contributed by atoms with Crippen molar-refractivity contribution < 1.29 is 0 Å². The van der Waals surface area contributed by atoms with Gasteiger partial charge in [-0.15, -0.1) is 0 Å². The molecule has 3 heterocycles. The van der Waals surface area contributed by atoms with Gasteiger partial charge in [-0.3, -0.25) is 19.2 Å². The zero-order valence-corrected chi connectivity index (χ0v) is 11.6. The summed E-state index contributed by atoms with van der Waals surface area (Å²) < 4.78 is 1.68. The van der Waals surface area contributed by atoms with Crippen molar-refractivity contribution in [2.24, 2.45) is 0 Å². The maximum atomic E-state index is 12.3. The van der Waals surface area contributed by atoms with E-state index >= 15 is 0 Å². The number of fused-ring (bicyclic) bond motifs is 1. The van der Waals surface area contributed by atoms with Crippen LogP contribution in [0.4, 0.5) is 5.95 Å². The number of aromatic nitrogens is 3. The minimum atomic E-state index is 0.0240. The van der Waals surface area contributed by atoms with Crippen molar-refractivity contribution in [3.8, 4) is 0 Å². The van der Waals surface area contributed by atoms with E-state index in [9.17, 15) is 4.79 Å². The molecule has 0 spiro atoms. The number of nitrogens with zero attached hydrogens (tertiary/aromatic N) is 4. The van der Waals surface area contributed by atoms with Gasteiger partial charge in [0.05, 0.1) is 13.3 Å². The van der Waals surface area contributed by atoms with Crippen LogP contribution in [0, 0.1) is 13.8 Å². The molecule has 6 nitrogen and oxygen atoms in total. The SMILES string of the molecule is Cc1nc2n(c(=O)c1C)CN(Cc1cccnc1)CN2. The highest BCUT2D eigenvalue weighted by molar-refractivity contribution is 5.32. The molecular weight excluding hydrogens is 254 g/mol. The van der Waals surface area contributed by atoms with Crippen LogP contribution in [0.15, 0.2) is 29.3 Å². The maximum absolute atomic E-state index is 12.3. The molecule has 1 aliphatic heterocycles. The Kier molecular flexibility index (Phi) is 3.23. The molecule has 0 aromatic carbocycles. The normalized spacial score (nSPS) is 14.7. The van der Waals surface area contributed by atoms with Crippen molar-refractivity contribution in [2.45, 2.75) is 27.1 Å². The first-order valence-electron chi connectivity index (χ1n) is 6.58. The molecule has 6 heteroatoms. The fourth-order valence-electron chi connectivity index (χ4n) is 2.31. The minimum Gasteiger partial charge on any atom is -0.343 e. The summed E-state index contributed by atoms with van der Waals surface area (Å²) in [6, 6.07) is 3.95. The van der Waals surface area contributed by atoms with E-state index in [1.54, 1.807) is 10.8 Å². The fourth-order valence-corrected chi connectivity index (χ4v) is 2.31. The molecule has 0 aliphatic carbocycles. The molecule has 0 fully saturated rings. The Hall–Kier alpha value is -2.21. The molecule has 1 aliphatic rings. The second-order valence-electron chi connectivity index (χ2n) is 5.05. The van der Waals surface area contributed by atoms with Crippen LogP contribution in [-0.2, 0) is 13.2 Å². The lowest BCUT2D eigenvalue weighted by Gasteiger charge is -2.30. The standard InChI is InChI=1S/C14H17N5O/c1-10-11(2)17-14-16-8-18(9-19(14)13(10)20)7-12-4-3-5-15-6-12/h3-6H,7-9H2,1-2H3,(H,16,17). The van der Waals surface area contributed by atoms with E-state index in [0.29, 0.717) is 24.8 Å². The Morgan fingerprint density at radius 3 is 3.00 bits per heavy atom. The van der Waals surface area contributed by atoms with E-state index in [1.807, 2.05) is 32.2 Å². The Bertz CT molecular complexity index is 680. The third-order valence-corrected chi connectivity index (χ3v) is 3.57. The highest BCUT2D eigenvalue weighted by Gasteiger charge is 2.19. The van der Waals surface area contributed by atoms with Gasteiger partial charge in [-0.05, 0) is 25.5 Å². The molecule has 0 amide bonds. The first-order valence-corrected chi connectivity index (χ1v) is 6.58. The van der Waals surface area contributed by atoms with Crippen molar-refractivity contribution >= 4 is 5.95 Å². The van der Waals surface area contributed by atoms with Crippen molar-refractivity contribution in [1.29, 1.82) is 0 Å². The quantitative estimate of drug-likeness (QED) is 0.886. The second kappa shape index (κ2) is 5.05. The van der Waals surface area contributed by atoms with Gasteiger partial charge in [0.25, 0.3) is 5.56 Å². The van der Waals surface area contributed by atoms with E-state index in [0.717, 1.165) is 17.8 Å². The highest BCUT2D eigenvalue weighted by Crippen LogP contribution is 2.13.